The molecule has 2 atom stereocenters. The number of nitrogens with zero attached hydrogens (tertiary/aromatic N) is 2. The number of aromatic nitrogens is 2. The molecule has 1 amide bonds. The Morgan fingerprint density at radius 1 is 1.18 bits per heavy atom. The number of carbonyl (C=O) groups is 1. The summed E-state index contributed by atoms with van der Waals surface area (Å²) >= 11 is 0. The first-order valence-electron chi connectivity index (χ1n) is 12.8. The zero-order chi connectivity index (χ0) is 26.8. The average molecular weight is 529 g/mol. The van der Waals surface area contributed by atoms with Crippen molar-refractivity contribution < 1.29 is 27.4 Å². The number of alkyl halides is 3. The van der Waals surface area contributed by atoms with E-state index in [1.165, 1.54) is 12.1 Å². The van der Waals surface area contributed by atoms with Crippen molar-refractivity contribution in [3.8, 4) is 17.0 Å². The first-order chi connectivity index (χ1) is 18.2. The van der Waals surface area contributed by atoms with E-state index in [-0.39, 0.29) is 23.8 Å². The Kier molecular flexibility index (Phi) is 7.45. The van der Waals surface area contributed by atoms with Crippen LogP contribution in [0.4, 0.5) is 13.2 Å². The van der Waals surface area contributed by atoms with E-state index in [0.29, 0.717) is 45.6 Å². The number of nitrogens with one attached hydrogen (secondary N) is 2. The minimum atomic E-state index is -4.43. The van der Waals surface area contributed by atoms with Gasteiger partial charge in [0.1, 0.15) is 17.4 Å². The van der Waals surface area contributed by atoms with E-state index in [2.05, 4.69) is 20.4 Å². The number of hydrogen-bond donors (Lipinski definition) is 2. The number of ether oxygens (including phenoxy) is 2. The second kappa shape index (κ2) is 10.8. The van der Waals surface area contributed by atoms with Gasteiger partial charge in [0.25, 0.3) is 0 Å². The van der Waals surface area contributed by atoms with Crippen LogP contribution < -0.4 is 10.1 Å². The molecule has 0 aliphatic carbocycles. The molecule has 0 radical (unpaired) electrons. The second-order valence-electron chi connectivity index (χ2n) is 9.93. The number of likely N-dealkylation sites (tertiary alicyclic amines) is 1. The summed E-state index contributed by atoms with van der Waals surface area (Å²) in [5, 5.41) is 10.1. The van der Waals surface area contributed by atoms with Crippen molar-refractivity contribution in [2.45, 2.75) is 50.0 Å². The van der Waals surface area contributed by atoms with Crippen molar-refractivity contribution in [2.24, 2.45) is 0 Å². The van der Waals surface area contributed by atoms with Crippen molar-refractivity contribution in [3.05, 3.63) is 71.9 Å². The fraction of sp³-hybridized carbons (Fsp3) is 0.429. The number of amides is 1. The second-order valence-corrected chi connectivity index (χ2v) is 9.93. The summed E-state index contributed by atoms with van der Waals surface area (Å²) in [4.78, 5) is 15.9. The van der Waals surface area contributed by atoms with E-state index in [1.54, 1.807) is 6.20 Å². The Labute approximate surface area is 219 Å². The number of halogens is 3. The van der Waals surface area contributed by atoms with Gasteiger partial charge in [0, 0.05) is 32.5 Å². The number of hydrogen-bond acceptors (Lipinski definition) is 5. The Morgan fingerprint density at radius 2 is 1.95 bits per heavy atom. The fourth-order valence-electron chi connectivity index (χ4n) is 5.33. The highest BCUT2D eigenvalue weighted by atomic mass is 19.4. The van der Waals surface area contributed by atoms with Crippen molar-refractivity contribution in [3.63, 3.8) is 0 Å². The number of benzene rings is 2. The van der Waals surface area contributed by atoms with E-state index in [0.717, 1.165) is 29.0 Å². The fourth-order valence-corrected chi connectivity index (χ4v) is 5.33. The van der Waals surface area contributed by atoms with Crippen molar-refractivity contribution in [1.29, 1.82) is 0 Å². The topological polar surface area (TPSA) is 79.5 Å². The van der Waals surface area contributed by atoms with E-state index < -0.39 is 17.3 Å². The molecule has 0 bridgehead atoms. The number of H-pyrrole nitrogens is 1. The molecule has 0 saturated carbocycles. The Morgan fingerprint density at radius 3 is 2.63 bits per heavy atom. The summed E-state index contributed by atoms with van der Waals surface area (Å²) in [7, 11) is 0. The third kappa shape index (κ3) is 5.56. The monoisotopic (exact) mass is 528 g/mol. The van der Waals surface area contributed by atoms with Gasteiger partial charge < -0.3 is 14.8 Å². The molecule has 5 rings (SSSR count). The summed E-state index contributed by atoms with van der Waals surface area (Å²) in [6.07, 6.45) is -1.33. The molecule has 3 heterocycles. The zero-order valence-electron chi connectivity index (χ0n) is 21.1. The quantitative estimate of drug-likeness (QED) is 0.453. The largest absolute Gasteiger partial charge is 0.489 e. The van der Waals surface area contributed by atoms with Gasteiger partial charge >= 0.3 is 6.18 Å². The molecule has 1 aromatic heterocycles. The maximum absolute atomic E-state index is 13.8. The first kappa shape index (κ1) is 26.2. The lowest BCUT2D eigenvalue weighted by molar-refractivity contribution is -0.141. The van der Waals surface area contributed by atoms with Gasteiger partial charge in [0.2, 0.25) is 5.91 Å². The molecular formula is C28H31F3N4O3. The average Bonchev–Trinajstić information content (AvgIpc) is 3.62. The lowest BCUT2D eigenvalue weighted by Gasteiger charge is -2.43. The van der Waals surface area contributed by atoms with E-state index in [4.69, 9.17) is 9.47 Å². The summed E-state index contributed by atoms with van der Waals surface area (Å²) in [5.74, 6) is 0.120. The van der Waals surface area contributed by atoms with Gasteiger partial charge in [0.05, 0.1) is 17.3 Å². The minimum absolute atomic E-state index is 0.0642. The van der Waals surface area contributed by atoms with Crippen LogP contribution in [0.5, 0.6) is 5.75 Å². The Balaban J connectivity index is 1.26. The van der Waals surface area contributed by atoms with Crippen LogP contribution in [0.15, 0.2) is 60.8 Å². The number of rotatable bonds is 7. The highest BCUT2D eigenvalue weighted by Crippen LogP contribution is 2.35. The highest BCUT2D eigenvalue weighted by molar-refractivity contribution is 5.87. The molecule has 2 fully saturated rings. The molecule has 2 aromatic carbocycles. The van der Waals surface area contributed by atoms with Gasteiger partial charge in [-0.2, -0.15) is 18.3 Å². The maximum Gasteiger partial charge on any atom is 0.416 e. The molecule has 2 N–H and O–H groups in total. The first-order valence-corrected chi connectivity index (χ1v) is 12.8. The lowest BCUT2D eigenvalue weighted by Crippen LogP contribution is -2.61. The van der Waals surface area contributed by atoms with Crippen LogP contribution in [-0.4, -0.2) is 59.0 Å². The maximum atomic E-state index is 13.8. The van der Waals surface area contributed by atoms with Gasteiger partial charge in [-0.05, 0) is 61.6 Å². The Bertz CT molecular complexity index is 1220. The minimum Gasteiger partial charge on any atom is -0.489 e. The normalized spacial score (nSPS) is 20.7. The number of aromatic amines is 1. The van der Waals surface area contributed by atoms with Crippen molar-refractivity contribution in [2.75, 3.05) is 26.3 Å². The molecule has 202 valence electrons. The smallest absolute Gasteiger partial charge is 0.416 e. The van der Waals surface area contributed by atoms with Gasteiger partial charge in [0.15, 0.2) is 0 Å². The molecule has 2 aliphatic rings. The van der Waals surface area contributed by atoms with Crippen LogP contribution in [0, 0.1) is 0 Å². The van der Waals surface area contributed by atoms with Crippen LogP contribution in [0.2, 0.25) is 0 Å². The van der Waals surface area contributed by atoms with Crippen LogP contribution in [-0.2, 0) is 15.7 Å². The van der Waals surface area contributed by atoms with Crippen LogP contribution in [0.3, 0.4) is 0 Å². The summed E-state index contributed by atoms with van der Waals surface area (Å²) in [6, 6.07) is 14.6. The predicted octanol–water partition coefficient (Wildman–Crippen LogP) is 4.98. The summed E-state index contributed by atoms with van der Waals surface area (Å²) < 4.78 is 50.9. The summed E-state index contributed by atoms with van der Waals surface area (Å²) in [6.45, 7) is 3.97. The van der Waals surface area contributed by atoms with Crippen LogP contribution in [0.1, 0.15) is 43.4 Å². The lowest BCUT2D eigenvalue weighted by atomic mass is 9.86. The predicted molar refractivity (Wildman–Crippen MR) is 135 cm³/mol. The van der Waals surface area contributed by atoms with Gasteiger partial charge in [-0.15, -0.1) is 0 Å². The zero-order valence-corrected chi connectivity index (χ0v) is 21.1. The van der Waals surface area contributed by atoms with Crippen molar-refractivity contribution in [1.82, 2.24) is 20.4 Å². The van der Waals surface area contributed by atoms with E-state index in [1.807, 2.05) is 37.3 Å². The molecule has 10 heteroatoms. The van der Waals surface area contributed by atoms with E-state index >= 15 is 0 Å². The van der Waals surface area contributed by atoms with Gasteiger partial charge in [-0.1, -0.05) is 30.3 Å². The third-order valence-electron chi connectivity index (χ3n) is 7.53. The third-order valence-corrected chi connectivity index (χ3v) is 7.53. The van der Waals surface area contributed by atoms with Gasteiger partial charge in [-0.25, -0.2) is 0 Å². The Hall–Kier alpha value is -3.37. The SMILES string of the molecule is C[C@H](NC(=O)C1(N2CC[C@@H](Oc3cccc(C(F)(F)F)c3)C2)CCOCC1)c1ccc(-c2ccn[nH]2)cc1. The summed E-state index contributed by atoms with van der Waals surface area (Å²) in [5.41, 5.74) is 1.42. The van der Waals surface area contributed by atoms with Crippen LogP contribution in [0.25, 0.3) is 11.3 Å². The molecule has 3 aromatic rings. The molecule has 2 aliphatic heterocycles. The molecule has 38 heavy (non-hydrogen) atoms. The number of carbonyl (C=O) groups excluding carboxylic acids is 1. The van der Waals surface area contributed by atoms with E-state index in [9.17, 15) is 18.0 Å². The molecule has 2 saturated heterocycles. The molecule has 0 spiro atoms. The molecule has 0 unspecified atom stereocenters. The molecule has 7 nitrogen and oxygen atoms in total. The standard InChI is InChI=1S/C28H31F3N4O3/c1-19(20-5-7-21(8-6-20)25-9-13-32-34-25)33-26(36)27(11-15-37-16-12-27)35-14-10-24(18-35)38-23-4-2-3-22(17-23)28(29,30)31/h2-9,13,17,19,24H,10-12,14-16,18H2,1H3,(H,32,34)(H,33,36)/t19-,24+/m0/s1. The van der Waals surface area contributed by atoms with Crippen molar-refractivity contribution >= 4 is 5.91 Å². The van der Waals surface area contributed by atoms with Gasteiger partial charge in [-0.3, -0.25) is 14.8 Å². The highest BCUT2D eigenvalue weighted by Gasteiger charge is 2.48. The van der Waals surface area contributed by atoms with Crippen LogP contribution >= 0.6 is 0 Å². The molecular weight excluding hydrogens is 497 g/mol.